The van der Waals surface area contributed by atoms with Crippen LogP contribution < -0.4 is 4.90 Å². The second-order valence-corrected chi connectivity index (χ2v) is 13.5. The molecule has 49 heavy (non-hydrogen) atoms. The fourth-order valence-corrected chi connectivity index (χ4v) is 8.59. The molecule has 0 saturated carbocycles. The fraction of sp³-hybridized carbons (Fsp3) is 0. The van der Waals surface area contributed by atoms with Gasteiger partial charge < -0.3 is 9.32 Å². The first-order valence-corrected chi connectivity index (χ1v) is 17.4. The van der Waals surface area contributed by atoms with Crippen LogP contribution in [0.25, 0.3) is 75.1 Å². The number of hydrogen-bond donors (Lipinski definition) is 0. The van der Waals surface area contributed by atoms with Gasteiger partial charge in [0.2, 0.25) is 0 Å². The molecule has 2 aromatic heterocycles. The summed E-state index contributed by atoms with van der Waals surface area (Å²) in [5, 5.41) is 7.29. The Bertz CT molecular complexity index is 2830. The summed E-state index contributed by atoms with van der Waals surface area (Å²) in [4.78, 5) is 2.42. The summed E-state index contributed by atoms with van der Waals surface area (Å²) in [6.07, 6.45) is 0. The summed E-state index contributed by atoms with van der Waals surface area (Å²) < 4.78 is 8.93. The number of anilines is 3. The largest absolute Gasteiger partial charge is 0.456 e. The predicted molar refractivity (Wildman–Crippen MR) is 210 cm³/mol. The molecule has 8 aromatic carbocycles. The Morgan fingerprint density at radius 1 is 0.429 bits per heavy atom. The lowest BCUT2D eigenvalue weighted by Crippen LogP contribution is -2.10. The number of furan rings is 1. The summed E-state index contributed by atoms with van der Waals surface area (Å²) in [6.45, 7) is 0. The van der Waals surface area contributed by atoms with Crippen molar-refractivity contribution in [2.75, 3.05) is 4.90 Å². The van der Waals surface area contributed by atoms with Gasteiger partial charge in [0.25, 0.3) is 0 Å². The molecular weight excluding hydrogens is 615 g/mol. The van der Waals surface area contributed by atoms with E-state index in [4.69, 9.17) is 4.42 Å². The molecular formula is C46H29NOS. The Balaban J connectivity index is 1.16. The van der Waals surface area contributed by atoms with Gasteiger partial charge in [-0.3, -0.25) is 0 Å². The third-order valence-electron chi connectivity index (χ3n) is 9.67. The van der Waals surface area contributed by atoms with Crippen LogP contribution in [0.5, 0.6) is 0 Å². The molecule has 0 fully saturated rings. The molecule has 0 unspecified atom stereocenters. The van der Waals surface area contributed by atoms with Gasteiger partial charge >= 0.3 is 0 Å². The zero-order chi connectivity index (χ0) is 32.3. The minimum absolute atomic E-state index is 0.884. The molecule has 0 radical (unpaired) electrons. The third kappa shape index (κ3) is 4.55. The van der Waals surface area contributed by atoms with Crippen molar-refractivity contribution in [3.8, 4) is 22.3 Å². The average molecular weight is 644 g/mol. The fourth-order valence-electron chi connectivity index (χ4n) is 7.38. The molecule has 0 saturated heterocycles. The minimum atomic E-state index is 0.884. The van der Waals surface area contributed by atoms with Crippen LogP contribution in [0.1, 0.15) is 0 Å². The molecule has 0 spiro atoms. The lowest BCUT2D eigenvalue weighted by atomic mass is 9.95. The average Bonchev–Trinajstić information content (AvgIpc) is 3.75. The summed E-state index contributed by atoms with van der Waals surface area (Å²) >= 11 is 1.85. The molecule has 0 amide bonds. The zero-order valence-electron chi connectivity index (χ0n) is 26.5. The van der Waals surface area contributed by atoms with Gasteiger partial charge in [0.1, 0.15) is 11.2 Å². The third-order valence-corrected chi connectivity index (χ3v) is 10.9. The standard InChI is InChI=1S/C46H29NOS/c1-2-11-31(12-3-1)35-16-8-13-32-23-24-33(29-39(32)35)30-25-27-34(28-26-30)47(40-18-10-21-43-45(40)38-15-4-6-20-42(38)48-43)41-19-9-17-37-36-14-5-7-22-44(36)49-46(37)41/h1-29H. The lowest BCUT2D eigenvalue weighted by molar-refractivity contribution is 0.669. The van der Waals surface area contributed by atoms with E-state index >= 15 is 0 Å². The molecule has 0 atom stereocenters. The van der Waals surface area contributed by atoms with Crippen LogP contribution in [0.4, 0.5) is 17.1 Å². The van der Waals surface area contributed by atoms with E-state index < -0.39 is 0 Å². The Labute approximate surface area is 287 Å². The number of nitrogens with zero attached hydrogens (tertiary/aromatic N) is 1. The number of para-hydroxylation sites is 1. The van der Waals surface area contributed by atoms with Crippen LogP contribution in [0.3, 0.4) is 0 Å². The zero-order valence-corrected chi connectivity index (χ0v) is 27.3. The summed E-state index contributed by atoms with van der Waals surface area (Å²) in [5.41, 5.74) is 9.98. The topological polar surface area (TPSA) is 16.4 Å². The van der Waals surface area contributed by atoms with Gasteiger partial charge in [0.05, 0.1) is 21.5 Å². The number of fused-ring (bicyclic) bond motifs is 7. The number of benzene rings is 8. The van der Waals surface area contributed by atoms with E-state index in [1.54, 1.807) is 0 Å². The van der Waals surface area contributed by atoms with Gasteiger partial charge in [-0.2, -0.15) is 0 Å². The van der Waals surface area contributed by atoms with Crippen molar-refractivity contribution < 1.29 is 4.42 Å². The molecule has 230 valence electrons. The highest BCUT2D eigenvalue weighted by molar-refractivity contribution is 7.26. The molecule has 0 bridgehead atoms. The number of hydrogen-bond acceptors (Lipinski definition) is 3. The smallest absolute Gasteiger partial charge is 0.137 e. The van der Waals surface area contributed by atoms with E-state index in [0.29, 0.717) is 0 Å². The Morgan fingerprint density at radius 3 is 2.02 bits per heavy atom. The highest BCUT2D eigenvalue weighted by Crippen LogP contribution is 2.48. The predicted octanol–water partition coefficient (Wildman–Crippen LogP) is 13.9. The van der Waals surface area contributed by atoms with Gasteiger partial charge in [0, 0.05) is 26.5 Å². The Hall–Kier alpha value is -6.16. The monoisotopic (exact) mass is 643 g/mol. The highest BCUT2D eigenvalue weighted by Gasteiger charge is 2.22. The summed E-state index contributed by atoms with van der Waals surface area (Å²) in [7, 11) is 0. The van der Waals surface area contributed by atoms with E-state index in [0.717, 1.165) is 39.0 Å². The van der Waals surface area contributed by atoms with Gasteiger partial charge in [-0.1, -0.05) is 127 Å². The maximum Gasteiger partial charge on any atom is 0.137 e. The first kappa shape index (κ1) is 27.9. The molecule has 2 heterocycles. The van der Waals surface area contributed by atoms with Gasteiger partial charge in [-0.15, -0.1) is 11.3 Å². The van der Waals surface area contributed by atoms with Crippen LogP contribution in [0.2, 0.25) is 0 Å². The minimum Gasteiger partial charge on any atom is -0.456 e. The normalized spacial score (nSPS) is 11.7. The molecule has 2 nitrogen and oxygen atoms in total. The van der Waals surface area contributed by atoms with Crippen molar-refractivity contribution in [3.05, 3.63) is 176 Å². The van der Waals surface area contributed by atoms with Crippen molar-refractivity contribution in [2.24, 2.45) is 0 Å². The SMILES string of the molecule is c1ccc(-c2cccc3ccc(-c4ccc(N(c5cccc6c5sc5ccccc56)c5cccc6oc7ccccc7c56)cc4)cc23)cc1. The van der Waals surface area contributed by atoms with Crippen molar-refractivity contribution in [2.45, 2.75) is 0 Å². The van der Waals surface area contributed by atoms with Gasteiger partial charge in [0.15, 0.2) is 0 Å². The first-order chi connectivity index (χ1) is 24.3. The molecule has 0 aliphatic heterocycles. The summed E-state index contributed by atoms with van der Waals surface area (Å²) in [6, 6.07) is 63.2. The number of thiophene rings is 1. The van der Waals surface area contributed by atoms with E-state index in [-0.39, 0.29) is 0 Å². The molecule has 0 aliphatic carbocycles. The second kappa shape index (κ2) is 11.2. The van der Waals surface area contributed by atoms with Crippen LogP contribution in [0.15, 0.2) is 180 Å². The molecule has 0 N–H and O–H groups in total. The van der Waals surface area contributed by atoms with Crippen molar-refractivity contribution in [1.82, 2.24) is 0 Å². The van der Waals surface area contributed by atoms with Crippen LogP contribution in [-0.2, 0) is 0 Å². The van der Waals surface area contributed by atoms with E-state index in [9.17, 15) is 0 Å². The quantitative estimate of drug-likeness (QED) is 0.186. The van der Waals surface area contributed by atoms with Crippen LogP contribution >= 0.6 is 11.3 Å². The lowest BCUT2D eigenvalue weighted by Gasteiger charge is -2.27. The molecule has 10 rings (SSSR count). The van der Waals surface area contributed by atoms with Crippen molar-refractivity contribution in [1.29, 1.82) is 0 Å². The second-order valence-electron chi connectivity index (χ2n) is 12.5. The molecule has 10 aromatic rings. The summed E-state index contributed by atoms with van der Waals surface area (Å²) in [5.74, 6) is 0. The first-order valence-electron chi connectivity index (χ1n) is 16.6. The maximum atomic E-state index is 6.38. The van der Waals surface area contributed by atoms with Crippen molar-refractivity contribution in [3.63, 3.8) is 0 Å². The van der Waals surface area contributed by atoms with Crippen molar-refractivity contribution >= 4 is 81.3 Å². The van der Waals surface area contributed by atoms with Gasteiger partial charge in [-0.25, -0.2) is 0 Å². The van der Waals surface area contributed by atoms with Gasteiger partial charge in [-0.05, 0) is 81.6 Å². The Kier molecular flexibility index (Phi) is 6.39. The number of rotatable bonds is 5. The van der Waals surface area contributed by atoms with E-state index in [2.05, 4.69) is 175 Å². The Morgan fingerprint density at radius 2 is 1.12 bits per heavy atom. The van der Waals surface area contributed by atoms with Crippen LogP contribution in [-0.4, -0.2) is 0 Å². The van der Waals surface area contributed by atoms with E-state index in [1.807, 2.05) is 17.4 Å². The van der Waals surface area contributed by atoms with E-state index in [1.165, 1.54) is 53.2 Å². The van der Waals surface area contributed by atoms with Crippen LogP contribution in [0, 0.1) is 0 Å². The molecule has 0 aliphatic rings. The maximum absolute atomic E-state index is 6.38. The molecule has 3 heteroatoms. The highest BCUT2D eigenvalue weighted by atomic mass is 32.1.